The van der Waals surface area contributed by atoms with Gasteiger partial charge in [0.15, 0.2) is 11.5 Å². The number of hydrogen-bond donors (Lipinski definition) is 1. The van der Waals surface area contributed by atoms with Crippen molar-refractivity contribution in [3.05, 3.63) is 18.0 Å². The van der Waals surface area contributed by atoms with Crippen molar-refractivity contribution >= 4 is 11.5 Å². The summed E-state index contributed by atoms with van der Waals surface area (Å²) >= 11 is 0. The van der Waals surface area contributed by atoms with Gasteiger partial charge in [0.2, 0.25) is 0 Å². The number of hydrogen-bond acceptors (Lipinski definition) is 5. The topological polar surface area (TPSA) is 58.3 Å². The Hall–Kier alpha value is -1.69. The Labute approximate surface area is 144 Å². The molecule has 1 aliphatic rings. The maximum atomic E-state index is 4.83. The number of piperidine rings is 1. The van der Waals surface area contributed by atoms with Crippen molar-refractivity contribution in [2.75, 3.05) is 24.5 Å². The molecule has 0 radical (unpaired) electrons. The zero-order valence-electron chi connectivity index (χ0n) is 15.6. The predicted octanol–water partition coefficient (Wildman–Crippen LogP) is 2.64. The van der Waals surface area contributed by atoms with E-state index in [0.29, 0.717) is 6.04 Å². The molecular weight excluding hydrogens is 300 g/mol. The van der Waals surface area contributed by atoms with Gasteiger partial charge in [-0.2, -0.15) is 4.52 Å². The fraction of sp³-hybridized carbons (Fsp3) is 0.722. The van der Waals surface area contributed by atoms with E-state index in [1.165, 1.54) is 12.8 Å². The van der Waals surface area contributed by atoms with Crippen LogP contribution in [0.3, 0.4) is 0 Å². The van der Waals surface area contributed by atoms with E-state index in [9.17, 15) is 0 Å². The highest BCUT2D eigenvalue weighted by atomic mass is 15.4. The van der Waals surface area contributed by atoms with Gasteiger partial charge in [0.1, 0.15) is 5.82 Å². The molecule has 6 nitrogen and oxygen atoms in total. The fourth-order valence-electron chi connectivity index (χ4n) is 3.18. The first-order valence-electron chi connectivity index (χ1n) is 9.06. The monoisotopic (exact) mass is 330 g/mol. The molecular formula is C18H30N6. The average molecular weight is 330 g/mol. The van der Waals surface area contributed by atoms with Crippen LogP contribution in [0.1, 0.15) is 53.3 Å². The van der Waals surface area contributed by atoms with Gasteiger partial charge < -0.3 is 10.2 Å². The third-order valence-electron chi connectivity index (χ3n) is 4.67. The molecule has 2 aromatic rings. The standard InChI is InChI=1S/C18H30N6/c1-13(2)19-12-14-8-10-23(11-9-14)16-7-6-15-20-21-17(18(3,4)5)24(15)22-16/h6-7,13-14,19H,8-12H2,1-5H3. The lowest BCUT2D eigenvalue weighted by Crippen LogP contribution is -2.39. The third kappa shape index (κ3) is 3.69. The van der Waals surface area contributed by atoms with Crippen LogP contribution in [0.15, 0.2) is 12.1 Å². The van der Waals surface area contributed by atoms with Crippen molar-refractivity contribution in [2.45, 2.75) is 58.9 Å². The summed E-state index contributed by atoms with van der Waals surface area (Å²) in [7, 11) is 0. The second kappa shape index (κ2) is 6.67. The highest BCUT2D eigenvalue weighted by molar-refractivity contribution is 5.46. The van der Waals surface area contributed by atoms with Crippen molar-refractivity contribution in [2.24, 2.45) is 5.92 Å². The van der Waals surface area contributed by atoms with Gasteiger partial charge in [-0.1, -0.05) is 34.6 Å². The average Bonchev–Trinajstić information content (AvgIpc) is 2.96. The minimum atomic E-state index is -0.0689. The van der Waals surface area contributed by atoms with E-state index in [1.807, 2.05) is 10.6 Å². The van der Waals surface area contributed by atoms with Crippen molar-refractivity contribution in [3.8, 4) is 0 Å². The summed E-state index contributed by atoms with van der Waals surface area (Å²) in [6, 6.07) is 4.66. The van der Waals surface area contributed by atoms with E-state index >= 15 is 0 Å². The molecule has 1 N–H and O–H groups in total. The number of nitrogens with zero attached hydrogens (tertiary/aromatic N) is 5. The van der Waals surface area contributed by atoms with E-state index in [4.69, 9.17) is 5.10 Å². The van der Waals surface area contributed by atoms with Crippen LogP contribution in [0.5, 0.6) is 0 Å². The molecule has 24 heavy (non-hydrogen) atoms. The van der Waals surface area contributed by atoms with Gasteiger partial charge in [-0.25, -0.2) is 0 Å². The lowest BCUT2D eigenvalue weighted by Gasteiger charge is -2.33. The summed E-state index contributed by atoms with van der Waals surface area (Å²) in [6.07, 6.45) is 2.43. The summed E-state index contributed by atoms with van der Waals surface area (Å²) in [6.45, 7) is 14.1. The van der Waals surface area contributed by atoms with Crippen LogP contribution in [0, 0.1) is 5.92 Å². The number of nitrogens with one attached hydrogen (secondary N) is 1. The first-order chi connectivity index (χ1) is 11.3. The highest BCUT2D eigenvalue weighted by Crippen LogP contribution is 2.24. The fourth-order valence-corrected chi connectivity index (χ4v) is 3.18. The van der Waals surface area contributed by atoms with Crippen molar-refractivity contribution in [1.82, 2.24) is 25.1 Å². The Morgan fingerprint density at radius 1 is 1.17 bits per heavy atom. The zero-order chi connectivity index (χ0) is 17.3. The minimum absolute atomic E-state index is 0.0689. The normalized spacial score (nSPS) is 17.2. The largest absolute Gasteiger partial charge is 0.355 e. The second-order valence-electron chi connectivity index (χ2n) is 8.23. The molecule has 2 aromatic heterocycles. The van der Waals surface area contributed by atoms with Crippen LogP contribution in [0.4, 0.5) is 5.82 Å². The number of fused-ring (bicyclic) bond motifs is 1. The van der Waals surface area contributed by atoms with E-state index in [-0.39, 0.29) is 5.41 Å². The molecule has 0 saturated carbocycles. The molecule has 0 bridgehead atoms. The smallest absolute Gasteiger partial charge is 0.178 e. The van der Waals surface area contributed by atoms with Gasteiger partial charge in [-0.15, -0.1) is 15.3 Å². The van der Waals surface area contributed by atoms with Crippen LogP contribution in [0.2, 0.25) is 0 Å². The molecule has 1 aliphatic heterocycles. The summed E-state index contributed by atoms with van der Waals surface area (Å²) in [5.41, 5.74) is 0.750. The second-order valence-corrected chi connectivity index (χ2v) is 8.23. The van der Waals surface area contributed by atoms with Crippen molar-refractivity contribution in [3.63, 3.8) is 0 Å². The molecule has 0 aromatic carbocycles. The maximum Gasteiger partial charge on any atom is 0.178 e. The lowest BCUT2D eigenvalue weighted by molar-refractivity contribution is 0.369. The molecule has 3 rings (SSSR count). The van der Waals surface area contributed by atoms with Gasteiger partial charge in [0, 0.05) is 24.5 Å². The molecule has 0 amide bonds. The quantitative estimate of drug-likeness (QED) is 0.934. The number of rotatable bonds is 4. The number of anilines is 1. The van der Waals surface area contributed by atoms with Crippen molar-refractivity contribution < 1.29 is 0 Å². The van der Waals surface area contributed by atoms with Crippen LogP contribution in [0.25, 0.3) is 5.65 Å². The lowest BCUT2D eigenvalue weighted by atomic mass is 9.96. The molecule has 0 unspecified atom stereocenters. The number of aromatic nitrogens is 4. The molecule has 1 saturated heterocycles. The molecule has 0 spiro atoms. The van der Waals surface area contributed by atoms with Gasteiger partial charge in [0.05, 0.1) is 0 Å². The Kier molecular flexibility index (Phi) is 4.76. The van der Waals surface area contributed by atoms with Crippen LogP contribution < -0.4 is 10.2 Å². The molecule has 0 aliphatic carbocycles. The highest BCUT2D eigenvalue weighted by Gasteiger charge is 2.24. The van der Waals surface area contributed by atoms with Crippen molar-refractivity contribution in [1.29, 1.82) is 0 Å². The van der Waals surface area contributed by atoms with Gasteiger partial charge in [-0.3, -0.25) is 0 Å². The Balaban J connectivity index is 1.72. The Morgan fingerprint density at radius 3 is 2.50 bits per heavy atom. The molecule has 1 fully saturated rings. The summed E-state index contributed by atoms with van der Waals surface area (Å²) in [5.74, 6) is 2.71. The maximum absolute atomic E-state index is 4.83. The van der Waals surface area contributed by atoms with Gasteiger partial charge in [-0.05, 0) is 37.4 Å². The molecule has 0 atom stereocenters. The van der Waals surface area contributed by atoms with Gasteiger partial charge >= 0.3 is 0 Å². The first kappa shape index (κ1) is 17.1. The van der Waals surface area contributed by atoms with E-state index in [2.05, 4.69) is 61.1 Å². The van der Waals surface area contributed by atoms with Crippen LogP contribution >= 0.6 is 0 Å². The minimum Gasteiger partial charge on any atom is -0.355 e. The van der Waals surface area contributed by atoms with E-state index in [0.717, 1.165) is 42.8 Å². The third-order valence-corrected chi connectivity index (χ3v) is 4.67. The first-order valence-corrected chi connectivity index (χ1v) is 9.06. The molecule has 132 valence electrons. The van der Waals surface area contributed by atoms with Crippen LogP contribution in [-0.4, -0.2) is 45.5 Å². The SMILES string of the molecule is CC(C)NCC1CCN(c2ccc3nnc(C(C)(C)C)n3n2)CC1. The predicted molar refractivity (Wildman–Crippen MR) is 97.6 cm³/mol. The Morgan fingerprint density at radius 2 is 1.88 bits per heavy atom. The van der Waals surface area contributed by atoms with Gasteiger partial charge in [0.25, 0.3) is 0 Å². The summed E-state index contributed by atoms with van der Waals surface area (Å²) in [4.78, 5) is 2.39. The summed E-state index contributed by atoms with van der Waals surface area (Å²) in [5, 5.41) is 17.0. The Bertz CT molecular complexity index is 676. The zero-order valence-corrected chi connectivity index (χ0v) is 15.6. The molecule has 6 heteroatoms. The van der Waals surface area contributed by atoms with Crippen LogP contribution in [-0.2, 0) is 5.41 Å². The molecule has 3 heterocycles. The van der Waals surface area contributed by atoms with E-state index < -0.39 is 0 Å². The summed E-state index contributed by atoms with van der Waals surface area (Å²) < 4.78 is 1.90. The van der Waals surface area contributed by atoms with E-state index in [1.54, 1.807) is 0 Å².